The van der Waals surface area contributed by atoms with E-state index in [0.717, 1.165) is 5.82 Å². The maximum atomic E-state index is 11.9. The second-order valence-electron chi connectivity index (χ2n) is 4.00. The molecule has 2 aromatic heterocycles. The van der Waals surface area contributed by atoms with E-state index in [1.54, 1.807) is 16.8 Å². The fourth-order valence-corrected chi connectivity index (χ4v) is 2.12. The zero-order chi connectivity index (χ0) is 12.4. The van der Waals surface area contributed by atoms with Crippen molar-refractivity contribution in [1.29, 1.82) is 0 Å². The molecule has 2 rings (SSSR count). The summed E-state index contributed by atoms with van der Waals surface area (Å²) in [6.45, 7) is 4.53. The van der Waals surface area contributed by atoms with Crippen LogP contribution < -0.4 is 5.56 Å². The molecule has 0 amide bonds. The van der Waals surface area contributed by atoms with Crippen molar-refractivity contribution in [2.45, 2.75) is 26.4 Å². The molecule has 0 aromatic carbocycles. The van der Waals surface area contributed by atoms with Crippen molar-refractivity contribution in [3.05, 3.63) is 44.4 Å². The lowest BCUT2D eigenvalue weighted by Gasteiger charge is -2.10. The molecule has 2 heterocycles. The maximum absolute atomic E-state index is 11.9. The number of pyridine rings is 1. The number of hydrogen-bond acceptors (Lipinski definition) is 3. The van der Waals surface area contributed by atoms with Crippen molar-refractivity contribution in [1.82, 2.24) is 19.3 Å². The average molecular weight is 344 g/mol. The summed E-state index contributed by atoms with van der Waals surface area (Å²) < 4.78 is 4.18. The third-order valence-electron chi connectivity index (χ3n) is 2.42. The summed E-state index contributed by atoms with van der Waals surface area (Å²) in [4.78, 5) is 16.1. The molecule has 2 aromatic rings. The molecule has 6 heteroatoms. The number of aromatic nitrogens is 4. The Morgan fingerprint density at radius 1 is 1.47 bits per heavy atom. The maximum Gasteiger partial charge on any atom is 0.264 e. The van der Waals surface area contributed by atoms with E-state index in [9.17, 15) is 4.79 Å². The van der Waals surface area contributed by atoms with Gasteiger partial charge in [0.2, 0.25) is 0 Å². The van der Waals surface area contributed by atoms with Gasteiger partial charge < -0.3 is 4.57 Å². The van der Waals surface area contributed by atoms with Gasteiger partial charge in [-0.25, -0.2) is 9.67 Å². The van der Waals surface area contributed by atoms with Crippen LogP contribution in [0.4, 0.5) is 0 Å². The van der Waals surface area contributed by atoms with Gasteiger partial charge in [-0.3, -0.25) is 4.79 Å². The van der Waals surface area contributed by atoms with Gasteiger partial charge in [0.25, 0.3) is 5.56 Å². The fourth-order valence-electron chi connectivity index (χ4n) is 1.60. The van der Waals surface area contributed by atoms with Crippen molar-refractivity contribution < 1.29 is 0 Å². The van der Waals surface area contributed by atoms with Crippen LogP contribution in [0.25, 0.3) is 0 Å². The Labute approximate surface area is 113 Å². The second-order valence-corrected chi connectivity index (χ2v) is 5.17. The van der Waals surface area contributed by atoms with Gasteiger partial charge in [-0.15, -0.1) is 0 Å². The second kappa shape index (κ2) is 4.99. The third kappa shape index (κ3) is 2.56. The number of rotatable bonds is 3. The van der Waals surface area contributed by atoms with Crippen LogP contribution in [-0.2, 0) is 6.54 Å². The molecular formula is C11H13IN4O. The predicted molar refractivity (Wildman–Crippen MR) is 72.9 cm³/mol. The first-order valence-electron chi connectivity index (χ1n) is 5.33. The zero-order valence-corrected chi connectivity index (χ0v) is 11.8. The van der Waals surface area contributed by atoms with Crippen molar-refractivity contribution in [2.24, 2.45) is 0 Å². The van der Waals surface area contributed by atoms with Crippen LogP contribution >= 0.6 is 22.6 Å². The van der Waals surface area contributed by atoms with E-state index in [2.05, 4.69) is 10.1 Å². The first-order valence-corrected chi connectivity index (χ1v) is 6.41. The van der Waals surface area contributed by atoms with E-state index < -0.39 is 0 Å². The Hall–Kier alpha value is -1.18. The number of hydrogen-bond donors (Lipinski definition) is 0. The molecule has 17 heavy (non-hydrogen) atoms. The first-order chi connectivity index (χ1) is 8.09. The van der Waals surface area contributed by atoms with Crippen LogP contribution in [0.15, 0.2) is 29.5 Å². The highest BCUT2D eigenvalue weighted by Gasteiger charge is 2.09. The lowest BCUT2D eigenvalue weighted by molar-refractivity contribution is 0.494. The smallest absolute Gasteiger partial charge is 0.264 e. The molecule has 90 valence electrons. The molecule has 5 nitrogen and oxygen atoms in total. The van der Waals surface area contributed by atoms with Crippen LogP contribution in [0.2, 0.25) is 0 Å². The SMILES string of the molecule is CC(C)n1ncnc1Cn1cccc(I)c1=O. The van der Waals surface area contributed by atoms with Crippen LogP contribution in [0.1, 0.15) is 25.7 Å². The van der Waals surface area contributed by atoms with E-state index in [0.29, 0.717) is 10.1 Å². The fraction of sp³-hybridized carbons (Fsp3) is 0.364. The summed E-state index contributed by atoms with van der Waals surface area (Å²) in [5.41, 5.74) is 0.00593. The molecule has 0 spiro atoms. The molecule has 0 N–H and O–H groups in total. The van der Waals surface area contributed by atoms with Crippen molar-refractivity contribution in [2.75, 3.05) is 0 Å². The summed E-state index contributed by atoms with van der Waals surface area (Å²) in [5.74, 6) is 0.795. The molecule has 0 bridgehead atoms. The summed E-state index contributed by atoms with van der Waals surface area (Å²) in [5, 5.41) is 4.15. The van der Waals surface area contributed by atoms with Gasteiger partial charge in [0.1, 0.15) is 12.2 Å². The third-order valence-corrected chi connectivity index (χ3v) is 3.24. The Kier molecular flexibility index (Phi) is 3.60. The van der Waals surface area contributed by atoms with Gasteiger partial charge in [0.05, 0.1) is 10.1 Å². The van der Waals surface area contributed by atoms with E-state index in [1.807, 2.05) is 47.2 Å². The molecule has 0 radical (unpaired) electrons. The quantitative estimate of drug-likeness (QED) is 0.796. The first kappa shape index (κ1) is 12.3. The van der Waals surface area contributed by atoms with E-state index in [-0.39, 0.29) is 11.6 Å². The topological polar surface area (TPSA) is 52.7 Å². The molecule has 0 atom stereocenters. The predicted octanol–water partition coefficient (Wildman–Crippen LogP) is 1.67. The Morgan fingerprint density at radius 2 is 2.24 bits per heavy atom. The Bertz CT molecular complexity index is 573. The molecule has 0 aliphatic heterocycles. The minimum Gasteiger partial charge on any atom is -0.307 e. The zero-order valence-electron chi connectivity index (χ0n) is 9.67. The van der Waals surface area contributed by atoms with E-state index in [4.69, 9.17) is 0 Å². The summed E-state index contributed by atoms with van der Waals surface area (Å²) >= 11 is 2.04. The van der Waals surface area contributed by atoms with Gasteiger partial charge in [-0.2, -0.15) is 5.10 Å². The van der Waals surface area contributed by atoms with Crippen LogP contribution in [0.5, 0.6) is 0 Å². The molecule has 0 aliphatic rings. The monoisotopic (exact) mass is 344 g/mol. The van der Waals surface area contributed by atoms with Gasteiger partial charge in [0.15, 0.2) is 0 Å². The molecule has 0 unspecified atom stereocenters. The number of nitrogens with zero attached hydrogens (tertiary/aromatic N) is 4. The minimum atomic E-state index is 0.00593. The highest BCUT2D eigenvalue weighted by Crippen LogP contribution is 2.06. The average Bonchev–Trinajstić information content (AvgIpc) is 2.73. The van der Waals surface area contributed by atoms with Crippen LogP contribution in [0.3, 0.4) is 0 Å². The standard InChI is InChI=1S/C11H13IN4O/c1-8(2)16-10(13-7-14-16)6-15-5-3-4-9(12)11(15)17/h3-5,7-8H,6H2,1-2H3. The lowest BCUT2D eigenvalue weighted by atomic mass is 10.4. The van der Waals surface area contributed by atoms with Crippen molar-refractivity contribution in [3.8, 4) is 0 Å². The van der Waals surface area contributed by atoms with Gasteiger partial charge in [-0.1, -0.05) is 0 Å². The molecule has 0 saturated carbocycles. The molecule has 0 fully saturated rings. The van der Waals surface area contributed by atoms with Crippen molar-refractivity contribution >= 4 is 22.6 Å². The normalized spacial score (nSPS) is 11.1. The summed E-state index contributed by atoms with van der Waals surface area (Å²) in [6.07, 6.45) is 3.29. The molecular weight excluding hydrogens is 331 g/mol. The molecule has 0 aliphatic carbocycles. The highest BCUT2D eigenvalue weighted by atomic mass is 127. The Balaban J connectivity index is 2.35. The Morgan fingerprint density at radius 3 is 2.94 bits per heavy atom. The summed E-state index contributed by atoms with van der Waals surface area (Å²) in [6, 6.07) is 3.90. The van der Waals surface area contributed by atoms with Gasteiger partial charge in [-0.05, 0) is 48.6 Å². The van der Waals surface area contributed by atoms with Gasteiger partial charge in [0, 0.05) is 12.2 Å². The van der Waals surface area contributed by atoms with E-state index in [1.165, 1.54) is 6.33 Å². The van der Waals surface area contributed by atoms with Crippen LogP contribution in [0, 0.1) is 3.57 Å². The lowest BCUT2D eigenvalue weighted by Crippen LogP contribution is -2.24. The summed E-state index contributed by atoms with van der Waals surface area (Å²) in [7, 11) is 0. The largest absolute Gasteiger partial charge is 0.307 e. The van der Waals surface area contributed by atoms with Crippen molar-refractivity contribution in [3.63, 3.8) is 0 Å². The minimum absolute atomic E-state index is 0.00593. The van der Waals surface area contributed by atoms with E-state index >= 15 is 0 Å². The van der Waals surface area contributed by atoms with Gasteiger partial charge >= 0.3 is 0 Å². The number of halogens is 1. The highest BCUT2D eigenvalue weighted by molar-refractivity contribution is 14.1. The molecule has 0 saturated heterocycles. The van der Waals surface area contributed by atoms with Crippen LogP contribution in [-0.4, -0.2) is 19.3 Å².